The fraction of sp³-hybridized carbons (Fsp3) is 0.273. The van der Waals surface area contributed by atoms with E-state index in [4.69, 9.17) is 4.74 Å². The molecule has 0 bridgehead atoms. The summed E-state index contributed by atoms with van der Waals surface area (Å²) >= 11 is 0. The van der Waals surface area contributed by atoms with Crippen molar-refractivity contribution in [3.8, 4) is 0 Å². The lowest BCUT2D eigenvalue weighted by Crippen LogP contribution is -2.32. The van der Waals surface area contributed by atoms with Crippen LogP contribution < -0.4 is 5.32 Å². The average molecular weight is 268 g/mol. The molecule has 0 radical (unpaired) electrons. The zero-order valence-corrected chi connectivity index (χ0v) is 10.7. The zero-order chi connectivity index (χ0) is 13.3. The van der Waals surface area contributed by atoms with Gasteiger partial charge in [0, 0.05) is 6.04 Å². The molecule has 1 heterocycles. The van der Waals surface area contributed by atoms with Gasteiger partial charge in [-0.2, -0.15) is 8.42 Å². The van der Waals surface area contributed by atoms with E-state index >= 15 is 0 Å². The Morgan fingerprint density at radius 2 is 2.00 bits per heavy atom. The fourth-order valence-electron chi connectivity index (χ4n) is 1.50. The number of nitrogens with one attached hydrogen (secondary N) is 1. The molecule has 1 N–H and O–H groups in total. The Morgan fingerprint density at radius 1 is 1.33 bits per heavy atom. The van der Waals surface area contributed by atoms with Gasteiger partial charge < -0.3 is 10.1 Å². The number of hydrogen-bond donors (Lipinski definition) is 1. The number of ether oxygens (including phenoxy) is 1. The van der Waals surface area contributed by atoms with E-state index in [1.165, 1.54) is 6.07 Å². The van der Waals surface area contributed by atoms with E-state index in [-0.39, 0.29) is 16.8 Å². The van der Waals surface area contributed by atoms with Gasteiger partial charge in [-0.05, 0) is 26.0 Å². The van der Waals surface area contributed by atoms with Gasteiger partial charge in [0.25, 0.3) is 10.0 Å². The molecular formula is C11H12N2O4S. The van der Waals surface area contributed by atoms with E-state index in [1.807, 2.05) is 0 Å². The van der Waals surface area contributed by atoms with Gasteiger partial charge >= 0.3 is 6.09 Å². The minimum Gasteiger partial charge on any atom is -0.390 e. The molecule has 1 aromatic carbocycles. The monoisotopic (exact) mass is 268 g/mol. The number of carbonyl (C=O) groups is 1. The number of sulfonamides is 1. The van der Waals surface area contributed by atoms with Crippen molar-refractivity contribution in [3.05, 3.63) is 29.8 Å². The average Bonchev–Trinajstić information content (AvgIpc) is 2.50. The number of benzene rings is 1. The van der Waals surface area contributed by atoms with Gasteiger partial charge in [-0.15, -0.1) is 4.40 Å². The first-order valence-electron chi connectivity index (χ1n) is 5.33. The molecule has 1 aromatic rings. The maximum atomic E-state index is 11.7. The highest BCUT2D eigenvalue weighted by Gasteiger charge is 2.31. The molecule has 1 amide bonds. The van der Waals surface area contributed by atoms with Gasteiger partial charge in [-0.25, -0.2) is 4.79 Å². The van der Waals surface area contributed by atoms with Crippen LogP contribution in [0, 0.1) is 0 Å². The van der Waals surface area contributed by atoms with Crippen molar-refractivity contribution in [1.29, 1.82) is 0 Å². The largest absolute Gasteiger partial charge is 0.414 e. The summed E-state index contributed by atoms with van der Waals surface area (Å²) in [5.41, 5.74) is 0.302. The van der Waals surface area contributed by atoms with Crippen LogP contribution in [0.25, 0.3) is 0 Å². The van der Waals surface area contributed by atoms with Gasteiger partial charge in [0.15, 0.2) is 0 Å². The summed E-state index contributed by atoms with van der Waals surface area (Å²) in [5, 5.41) is 2.49. The van der Waals surface area contributed by atoms with Crippen LogP contribution in [0.15, 0.2) is 33.6 Å². The maximum absolute atomic E-state index is 11.7. The van der Waals surface area contributed by atoms with Crippen LogP contribution >= 0.6 is 0 Å². The van der Waals surface area contributed by atoms with Crippen molar-refractivity contribution in [3.63, 3.8) is 0 Å². The smallest absolute Gasteiger partial charge is 0.390 e. The summed E-state index contributed by atoms with van der Waals surface area (Å²) in [6.45, 7) is 3.53. The number of amides is 1. The first-order chi connectivity index (χ1) is 8.40. The molecule has 2 rings (SSSR count). The van der Waals surface area contributed by atoms with Gasteiger partial charge in [-0.3, -0.25) is 0 Å². The Balaban J connectivity index is 2.29. The summed E-state index contributed by atoms with van der Waals surface area (Å²) in [5.74, 6) is -0.191. The van der Waals surface area contributed by atoms with E-state index in [2.05, 4.69) is 9.71 Å². The van der Waals surface area contributed by atoms with Crippen molar-refractivity contribution in [2.24, 2.45) is 4.40 Å². The molecule has 1 aliphatic heterocycles. The van der Waals surface area contributed by atoms with Crippen molar-refractivity contribution < 1.29 is 17.9 Å². The minimum absolute atomic E-state index is 0.0531. The van der Waals surface area contributed by atoms with E-state index in [9.17, 15) is 13.2 Å². The van der Waals surface area contributed by atoms with Crippen LogP contribution in [0.1, 0.15) is 19.4 Å². The van der Waals surface area contributed by atoms with Crippen LogP contribution in [-0.4, -0.2) is 26.5 Å². The van der Waals surface area contributed by atoms with Crippen LogP contribution in [0.5, 0.6) is 0 Å². The number of rotatable bonds is 1. The number of carbonyl (C=O) groups excluding carboxylic acids is 1. The summed E-state index contributed by atoms with van der Waals surface area (Å²) in [4.78, 5) is 11.5. The Kier molecular flexibility index (Phi) is 3.08. The Morgan fingerprint density at radius 3 is 2.67 bits per heavy atom. The predicted molar refractivity (Wildman–Crippen MR) is 64.9 cm³/mol. The normalized spacial score (nSPS) is 16.1. The fourth-order valence-corrected chi connectivity index (χ4v) is 2.64. The Hall–Kier alpha value is -1.89. The number of alkyl carbamates (subject to hydrolysis) is 1. The van der Waals surface area contributed by atoms with Crippen molar-refractivity contribution >= 4 is 22.0 Å². The quantitative estimate of drug-likeness (QED) is 0.831. The lowest BCUT2D eigenvalue weighted by molar-refractivity contribution is 0.195. The first kappa shape index (κ1) is 12.6. The molecule has 18 heavy (non-hydrogen) atoms. The van der Waals surface area contributed by atoms with Crippen molar-refractivity contribution in [1.82, 2.24) is 5.32 Å². The minimum atomic E-state index is -3.75. The predicted octanol–water partition coefficient (Wildman–Crippen LogP) is 1.27. The maximum Gasteiger partial charge on any atom is 0.414 e. The highest BCUT2D eigenvalue weighted by Crippen LogP contribution is 2.26. The molecule has 6 nitrogen and oxygen atoms in total. The second kappa shape index (κ2) is 4.41. The summed E-state index contributed by atoms with van der Waals surface area (Å²) in [6, 6.07) is 6.10. The van der Waals surface area contributed by atoms with Crippen molar-refractivity contribution in [2.45, 2.75) is 24.8 Å². The summed E-state index contributed by atoms with van der Waals surface area (Å²) < 4.78 is 31.7. The highest BCUT2D eigenvalue weighted by atomic mass is 32.2. The third-order valence-corrected chi connectivity index (χ3v) is 3.51. The van der Waals surface area contributed by atoms with E-state index in [1.54, 1.807) is 32.0 Å². The molecular weight excluding hydrogens is 256 g/mol. The van der Waals surface area contributed by atoms with Crippen LogP contribution in [0.4, 0.5) is 4.79 Å². The topological polar surface area (TPSA) is 84.8 Å². The van der Waals surface area contributed by atoms with Gasteiger partial charge in [0.2, 0.25) is 5.90 Å². The molecule has 0 saturated heterocycles. The molecule has 0 fully saturated rings. The third-order valence-electron chi connectivity index (χ3n) is 2.19. The molecule has 0 aromatic heterocycles. The van der Waals surface area contributed by atoms with Crippen LogP contribution in [-0.2, 0) is 14.8 Å². The molecule has 1 aliphatic rings. The molecule has 0 spiro atoms. The molecule has 96 valence electrons. The van der Waals surface area contributed by atoms with Gasteiger partial charge in [-0.1, -0.05) is 12.1 Å². The Bertz CT molecular complexity index is 620. The molecule has 0 aliphatic carbocycles. The van der Waals surface area contributed by atoms with E-state index < -0.39 is 16.1 Å². The highest BCUT2D eigenvalue weighted by molar-refractivity contribution is 7.90. The number of fused-ring (bicyclic) bond motifs is 1. The van der Waals surface area contributed by atoms with Crippen LogP contribution in [0.3, 0.4) is 0 Å². The third kappa shape index (κ3) is 2.35. The lowest BCUT2D eigenvalue weighted by atomic mass is 10.2. The molecule has 0 saturated carbocycles. The molecule has 7 heteroatoms. The second-order valence-electron chi connectivity index (χ2n) is 4.06. The van der Waals surface area contributed by atoms with Gasteiger partial charge in [0.05, 0.1) is 5.56 Å². The summed E-state index contributed by atoms with van der Waals surface area (Å²) in [7, 11) is -3.75. The van der Waals surface area contributed by atoms with Crippen LogP contribution in [0.2, 0.25) is 0 Å². The van der Waals surface area contributed by atoms with E-state index in [0.717, 1.165) is 0 Å². The molecule has 0 unspecified atom stereocenters. The number of nitrogens with zero attached hydrogens (tertiary/aromatic N) is 1. The lowest BCUT2D eigenvalue weighted by Gasteiger charge is -2.08. The first-order valence-corrected chi connectivity index (χ1v) is 6.77. The standard InChI is InChI=1S/C11H12N2O4S/c1-7(2)12-11(14)17-10-8-5-3-4-6-9(8)18(15,16)13-10/h3-7H,1-2H3,(H,12,14). The van der Waals surface area contributed by atoms with E-state index in [0.29, 0.717) is 5.56 Å². The molecule has 0 atom stereocenters. The zero-order valence-electron chi connectivity index (χ0n) is 9.88. The number of hydrogen-bond acceptors (Lipinski definition) is 4. The SMILES string of the molecule is CC(C)NC(=O)OC1=NS(=O)(=O)c2ccccc21. The van der Waals surface area contributed by atoms with Gasteiger partial charge in [0.1, 0.15) is 4.90 Å². The Labute approximate surface area is 105 Å². The second-order valence-corrected chi connectivity index (χ2v) is 5.63. The van der Waals surface area contributed by atoms with Crippen molar-refractivity contribution in [2.75, 3.05) is 0 Å². The summed E-state index contributed by atoms with van der Waals surface area (Å²) in [6.07, 6.45) is -0.726.